The van der Waals surface area contributed by atoms with Gasteiger partial charge in [0.2, 0.25) is 5.91 Å². The molecule has 2 saturated heterocycles. The number of aryl methyl sites for hydroxylation is 2. The summed E-state index contributed by atoms with van der Waals surface area (Å²) in [5, 5.41) is 8.74. The summed E-state index contributed by atoms with van der Waals surface area (Å²) in [6.07, 6.45) is 5.85. The predicted octanol–water partition coefficient (Wildman–Crippen LogP) is 3.17. The molecule has 0 radical (unpaired) electrons. The molecule has 0 aliphatic carbocycles. The van der Waals surface area contributed by atoms with E-state index in [0.29, 0.717) is 11.9 Å². The Morgan fingerprint density at radius 3 is 2.61 bits per heavy atom. The topological polar surface area (TPSA) is 67.4 Å². The van der Waals surface area contributed by atoms with E-state index >= 15 is 0 Å². The first kappa shape index (κ1) is 19.2. The Hall–Kier alpha value is -2.15. The fourth-order valence-electron chi connectivity index (χ4n) is 4.64. The monoisotopic (exact) mass is 385 g/mol. The van der Waals surface area contributed by atoms with Crippen molar-refractivity contribution < 1.29 is 9.32 Å². The van der Waals surface area contributed by atoms with Gasteiger partial charge in [0.05, 0.1) is 23.0 Å². The molecule has 4 rings (SSSR count). The lowest BCUT2D eigenvalue weighted by Gasteiger charge is -2.36. The highest BCUT2D eigenvalue weighted by atomic mass is 16.5. The van der Waals surface area contributed by atoms with Gasteiger partial charge in [0.15, 0.2) is 5.76 Å². The molecule has 2 aromatic rings. The van der Waals surface area contributed by atoms with Crippen LogP contribution < -0.4 is 0 Å². The molecule has 0 aromatic carbocycles. The number of piperidine rings is 1. The summed E-state index contributed by atoms with van der Waals surface area (Å²) in [6, 6.07) is 2.51. The van der Waals surface area contributed by atoms with Gasteiger partial charge >= 0.3 is 0 Å². The lowest BCUT2D eigenvalue weighted by Crippen LogP contribution is -2.44. The molecule has 2 aliphatic rings. The average Bonchev–Trinajstić information content (AvgIpc) is 3.40. The van der Waals surface area contributed by atoms with Gasteiger partial charge in [-0.3, -0.25) is 9.48 Å². The van der Waals surface area contributed by atoms with Crippen molar-refractivity contribution in [3.05, 3.63) is 23.7 Å². The maximum Gasteiger partial charge on any atom is 0.226 e. The zero-order valence-corrected chi connectivity index (χ0v) is 17.4. The molecule has 0 spiro atoms. The number of carbonyl (C=O) groups excluding carboxylic acids is 1. The van der Waals surface area contributed by atoms with E-state index in [9.17, 15) is 4.79 Å². The molecule has 0 bridgehead atoms. The summed E-state index contributed by atoms with van der Waals surface area (Å²) in [7, 11) is 1.92. The SMILES string of the molecule is Cc1cc(-c2cn(C)nc2C2CCCN2C(=O)C2CCN(C(C)C)CC2)on1. The summed E-state index contributed by atoms with van der Waals surface area (Å²) in [5.41, 5.74) is 2.73. The molecule has 1 unspecified atom stereocenters. The molecule has 7 nitrogen and oxygen atoms in total. The van der Waals surface area contributed by atoms with Crippen LogP contribution in [0.3, 0.4) is 0 Å². The fraction of sp³-hybridized carbons (Fsp3) is 0.667. The molecule has 7 heteroatoms. The standard InChI is InChI=1S/C21H31N5O2/c1-14(2)25-10-7-16(8-11-25)21(27)26-9-5-6-18(26)20-17(13-24(4)22-20)19-12-15(3)23-28-19/h12-14,16,18H,5-11H2,1-4H3. The number of nitrogens with zero attached hydrogens (tertiary/aromatic N) is 5. The number of rotatable bonds is 4. The third kappa shape index (κ3) is 3.60. The van der Waals surface area contributed by atoms with Crippen molar-refractivity contribution >= 4 is 5.91 Å². The van der Waals surface area contributed by atoms with Crippen molar-refractivity contribution in [1.82, 2.24) is 24.7 Å². The van der Waals surface area contributed by atoms with Gasteiger partial charge in [-0.25, -0.2) is 0 Å². The first-order valence-electron chi connectivity index (χ1n) is 10.5. The van der Waals surface area contributed by atoms with Crippen LogP contribution in [0.4, 0.5) is 0 Å². The Bertz CT molecular complexity index is 832. The minimum Gasteiger partial charge on any atom is -0.356 e. The molecule has 2 fully saturated rings. The molecule has 1 atom stereocenters. The lowest BCUT2D eigenvalue weighted by atomic mass is 9.93. The van der Waals surface area contributed by atoms with Crippen molar-refractivity contribution in [3.8, 4) is 11.3 Å². The molecule has 152 valence electrons. The second kappa shape index (κ2) is 7.70. The summed E-state index contributed by atoms with van der Waals surface area (Å²) in [4.78, 5) is 17.9. The van der Waals surface area contributed by atoms with E-state index in [4.69, 9.17) is 9.62 Å². The smallest absolute Gasteiger partial charge is 0.226 e. The summed E-state index contributed by atoms with van der Waals surface area (Å²) < 4.78 is 7.31. The van der Waals surface area contributed by atoms with Gasteiger partial charge in [-0.1, -0.05) is 5.16 Å². The quantitative estimate of drug-likeness (QED) is 0.809. The Kier molecular flexibility index (Phi) is 5.27. The van der Waals surface area contributed by atoms with E-state index in [1.54, 1.807) is 0 Å². The summed E-state index contributed by atoms with van der Waals surface area (Å²) >= 11 is 0. The molecule has 0 N–H and O–H groups in total. The van der Waals surface area contributed by atoms with E-state index in [1.165, 1.54) is 0 Å². The Morgan fingerprint density at radius 2 is 1.96 bits per heavy atom. The van der Waals surface area contributed by atoms with Gasteiger partial charge in [-0.2, -0.15) is 5.10 Å². The van der Waals surface area contributed by atoms with Crippen LogP contribution in [0.25, 0.3) is 11.3 Å². The van der Waals surface area contributed by atoms with E-state index in [1.807, 2.05) is 30.9 Å². The van der Waals surface area contributed by atoms with Crippen molar-refractivity contribution in [1.29, 1.82) is 0 Å². The Morgan fingerprint density at radius 1 is 1.21 bits per heavy atom. The van der Waals surface area contributed by atoms with E-state index in [0.717, 1.165) is 68.0 Å². The van der Waals surface area contributed by atoms with E-state index < -0.39 is 0 Å². The van der Waals surface area contributed by atoms with Crippen molar-refractivity contribution in [2.24, 2.45) is 13.0 Å². The second-order valence-corrected chi connectivity index (χ2v) is 8.53. The van der Waals surface area contributed by atoms with Gasteiger partial charge in [0.25, 0.3) is 0 Å². The van der Waals surface area contributed by atoms with Crippen LogP contribution in [0.5, 0.6) is 0 Å². The van der Waals surface area contributed by atoms with E-state index in [2.05, 4.69) is 28.8 Å². The lowest BCUT2D eigenvalue weighted by molar-refractivity contribution is -0.138. The number of hydrogen-bond acceptors (Lipinski definition) is 5. The second-order valence-electron chi connectivity index (χ2n) is 8.53. The number of likely N-dealkylation sites (tertiary alicyclic amines) is 2. The van der Waals surface area contributed by atoms with Crippen LogP contribution in [-0.2, 0) is 11.8 Å². The highest BCUT2D eigenvalue weighted by Gasteiger charge is 2.38. The highest BCUT2D eigenvalue weighted by Crippen LogP contribution is 2.38. The van der Waals surface area contributed by atoms with Gasteiger partial charge in [0, 0.05) is 37.8 Å². The molecule has 2 aliphatic heterocycles. The number of amides is 1. The fourth-order valence-corrected chi connectivity index (χ4v) is 4.64. The van der Waals surface area contributed by atoms with Gasteiger partial charge in [-0.15, -0.1) is 0 Å². The predicted molar refractivity (Wildman–Crippen MR) is 107 cm³/mol. The average molecular weight is 386 g/mol. The largest absolute Gasteiger partial charge is 0.356 e. The third-order valence-electron chi connectivity index (χ3n) is 6.21. The number of carbonyl (C=O) groups is 1. The zero-order valence-electron chi connectivity index (χ0n) is 17.4. The van der Waals surface area contributed by atoms with E-state index in [-0.39, 0.29) is 12.0 Å². The minimum absolute atomic E-state index is 0.0252. The molecule has 4 heterocycles. The maximum atomic E-state index is 13.4. The van der Waals surface area contributed by atoms with Crippen molar-refractivity contribution in [3.63, 3.8) is 0 Å². The zero-order chi connectivity index (χ0) is 19.8. The summed E-state index contributed by atoms with van der Waals surface area (Å²) in [5.74, 6) is 1.16. The first-order valence-corrected chi connectivity index (χ1v) is 10.5. The molecule has 2 aromatic heterocycles. The Balaban J connectivity index is 1.54. The van der Waals surface area contributed by atoms with Crippen LogP contribution in [0, 0.1) is 12.8 Å². The number of hydrogen-bond donors (Lipinski definition) is 0. The maximum absolute atomic E-state index is 13.4. The molecular weight excluding hydrogens is 354 g/mol. The van der Waals surface area contributed by atoms with Crippen LogP contribution in [0.1, 0.15) is 57.0 Å². The molecule has 28 heavy (non-hydrogen) atoms. The highest BCUT2D eigenvalue weighted by molar-refractivity contribution is 5.80. The van der Waals surface area contributed by atoms with Crippen molar-refractivity contribution in [2.45, 2.75) is 58.5 Å². The van der Waals surface area contributed by atoms with Gasteiger partial charge in [-0.05, 0) is 59.5 Å². The van der Waals surface area contributed by atoms with Crippen LogP contribution >= 0.6 is 0 Å². The van der Waals surface area contributed by atoms with Gasteiger partial charge in [0.1, 0.15) is 0 Å². The summed E-state index contributed by atoms with van der Waals surface area (Å²) in [6.45, 7) is 9.22. The molecular formula is C21H31N5O2. The Labute approximate surface area is 166 Å². The van der Waals surface area contributed by atoms with Crippen LogP contribution in [0.2, 0.25) is 0 Å². The first-order chi connectivity index (χ1) is 13.4. The minimum atomic E-state index is 0.0252. The van der Waals surface area contributed by atoms with Gasteiger partial charge < -0.3 is 14.3 Å². The van der Waals surface area contributed by atoms with Crippen molar-refractivity contribution in [2.75, 3.05) is 19.6 Å². The normalized spacial score (nSPS) is 21.8. The molecule has 1 amide bonds. The van der Waals surface area contributed by atoms with Crippen LogP contribution in [0.15, 0.2) is 16.8 Å². The third-order valence-corrected chi connectivity index (χ3v) is 6.21. The van der Waals surface area contributed by atoms with Crippen LogP contribution in [-0.4, -0.2) is 56.3 Å². The molecule has 0 saturated carbocycles. The number of aromatic nitrogens is 3.